The highest BCUT2D eigenvalue weighted by molar-refractivity contribution is 6.70. The monoisotopic (exact) mass is 144 g/mol. The minimum atomic E-state index is -0.0489. The van der Waals surface area contributed by atoms with Crippen LogP contribution in [0.5, 0.6) is 0 Å². The molecule has 1 N–H and O–H groups in total. The predicted octanol–water partition coefficient (Wildman–Crippen LogP) is 1.85. The molecule has 50 valence electrons. The smallest absolute Gasteiger partial charge is 0.129 e. The molecule has 0 atom stereocenters. The maximum absolute atomic E-state index is 6.85. The number of aliphatic imine (C=N–C) groups is 1. The number of nitrogens with zero attached hydrogens (tertiary/aromatic N) is 1. The fourth-order valence-electron chi connectivity index (χ4n) is 0.258. The topological polar surface area (TPSA) is 36.2 Å². The molecule has 0 fully saturated rings. The van der Waals surface area contributed by atoms with Crippen LogP contribution in [0.15, 0.2) is 17.1 Å². The number of hydrogen-bond acceptors (Lipinski definition) is 2. The van der Waals surface area contributed by atoms with Gasteiger partial charge in [0.1, 0.15) is 5.17 Å². The van der Waals surface area contributed by atoms with Crippen LogP contribution in [0.25, 0.3) is 0 Å². The number of halogens is 1. The zero-order chi connectivity index (χ0) is 7.28. The molecule has 0 aliphatic rings. The van der Waals surface area contributed by atoms with E-state index in [0.29, 0.717) is 12.1 Å². The van der Waals surface area contributed by atoms with E-state index in [1.165, 1.54) is 6.21 Å². The SMILES string of the molecule is C=C(/C=N\CC)C(=N)Cl. The molecule has 0 aromatic rings. The summed E-state index contributed by atoms with van der Waals surface area (Å²) in [7, 11) is 0. The van der Waals surface area contributed by atoms with Gasteiger partial charge in [-0.1, -0.05) is 18.2 Å². The molecule has 0 unspecified atom stereocenters. The standard InChI is InChI=1S/C6H9ClN2/c1-3-9-4-5(2)6(7)8/h4,8H,2-3H2,1H3/b8-6?,9-4-. The molecule has 0 rings (SSSR count). The van der Waals surface area contributed by atoms with Gasteiger partial charge in [-0.05, 0) is 6.92 Å². The molecule has 9 heavy (non-hydrogen) atoms. The van der Waals surface area contributed by atoms with Crippen molar-refractivity contribution in [3.05, 3.63) is 12.2 Å². The molecule has 0 aromatic heterocycles. The van der Waals surface area contributed by atoms with Crippen LogP contribution in [0.2, 0.25) is 0 Å². The van der Waals surface area contributed by atoms with Crippen molar-refractivity contribution in [2.24, 2.45) is 4.99 Å². The van der Waals surface area contributed by atoms with Crippen LogP contribution in [0.1, 0.15) is 6.92 Å². The third kappa shape index (κ3) is 3.91. The van der Waals surface area contributed by atoms with Crippen molar-refractivity contribution < 1.29 is 0 Å². The molecule has 2 nitrogen and oxygen atoms in total. The molecule has 0 bridgehead atoms. The summed E-state index contributed by atoms with van der Waals surface area (Å²) in [6.07, 6.45) is 1.50. The van der Waals surface area contributed by atoms with Crippen molar-refractivity contribution in [2.45, 2.75) is 6.92 Å². The van der Waals surface area contributed by atoms with E-state index in [0.717, 1.165) is 0 Å². The number of allylic oxidation sites excluding steroid dienone is 1. The molecule has 0 aliphatic heterocycles. The van der Waals surface area contributed by atoms with Crippen LogP contribution in [0.3, 0.4) is 0 Å². The molecule has 3 heteroatoms. The van der Waals surface area contributed by atoms with Gasteiger partial charge in [0.25, 0.3) is 0 Å². The van der Waals surface area contributed by atoms with E-state index >= 15 is 0 Å². The quantitative estimate of drug-likeness (QED) is 0.587. The third-order valence-corrected chi connectivity index (χ3v) is 0.954. The maximum Gasteiger partial charge on any atom is 0.129 e. The highest BCUT2D eigenvalue weighted by Crippen LogP contribution is 1.92. The number of nitrogens with one attached hydrogen (secondary N) is 1. The van der Waals surface area contributed by atoms with Crippen molar-refractivity contribution in [3.63, 3.8) is 0 Å². The second kappa shape index (κ2) is 4.27. The normalized spacial score (nSPS) is 10.0. The largest absolute Gasteiger partial charge is 0.293 e. The Morgan fingerprint density at radius 2 is 2.44 bits per heavy atom. The highest BCUT2D eigenvalue weighted by atomic mass is 35.5. The molecule has 0 radical (unpaired) electrons. The summed E-state index contributed by atoms with van der Waals surface area (Å²) < 4.78 is 0. The Morgan fingerprint density at radius 1 is 1.89 bits per heavy atom. The fourth-order valence-corrected chi connectivity index (χ4v) is 0.307. The van der Waals surface area contributed by atoms with Crippen LogP contribution >= 0.6 is 11.6 Å². The fraction of sp³-hybridized carbons (Fsp3) is 0.333. The Bertz CT molecular complexity index is 149. The van der Waals surface area contributed by atoms with Crippen LogP contribution in [-0.4, -0.2) is 17.9 Å². The van der Waals surface area contributed by atoms with Crippen LogP contribution < -0.4 is 0 Å². The van der Waals surface area contributed by atoms with Gasteiger partial charge < -0.3 is 0 Å². The lowest BCUT2D eigenvalue weighted by Gasteiger charge is -1.88. The number of rotatable bonds is 3. The van der Waals surface area contributed by atoms with Gasteiger partial charge in [0, 0.05) is 18.3 Å². The molecule has 0 aromatic carbocycles. The first-order valence-corrected chi connectivity index (χ1v) is 2.99. The Balaban J connectivity index is 3.77. The van der Waals surface area contributed by atoms with Gasteiger partial charge in [-0.25, -0.2) is 0 Å². The minimum absolute atomic E-state index is 0.0489. The van der Waals surface area contributed by atoms with Crippen molar-refractivity contribution >= 4 is 23.0 Å². The van der Waals surface area contributed by atoms with Gasteiger partial charge in [0.2, 0.25) is 0 Å². The molecule has 0 amide bonds. The van der Waals surface area contributed by atoms with Gasteiger partial charge in [-0.15, -0.1) is 0 Å². The summed E-state index contributed by atoms with van der Waals surface area (Å²) in [6, 6.07) is 0. The van der Waals surface area contributed by atoms with Crippen LogP contribution in [0, 0.1) is 5.41 Å². The highest BCUT2D eigenvalue weighted by Gasteiger charge is 1.90. The molecule has 0 heterocycles. The van der Waals surface area contributed by atoms with E-state index in [1.54, 1.807) is 0 Å². The lowest BCUT2D eigenvalue weighted by Crippen LogP contribution is -1.91. The zero-order valence-electron chi connectivity index (χ0n) is 5.32. The lowest BCUT2D eigenvalue weighted by molar-refractivity contribution is 1.14. The summed E-state index contributed by atoms with van der Waals surface area (Å²) >= 11 is 5.26. The average Bonchev–Trinajstić information content (AvgIpc) is 1.82. The molecule has 0 saturated carbocycles. The summed E-state index contributed by atoms with van der Waals surface area (Å²) in [5.74, 6) is 0. The van der Waals surface area contributed by atoms with Gasteiger partial charge in [0.05, 0.1) is 0 Å². The average molecular weight is 145 g/mol. The van der Waals surface area contributed by atoms with Gasteiger partial charge in [-0.2, -0.15) is 0 Å². The summed E-state index contributed by atoms with van der Waals surface area (Å²) in [6.45, 7) is 6.09. The van der Waals surface area contributed by atoms with Gasteiger partial charge >= 0.3 is 0 Å². The molecular weight excluding hydrogens is 136 g/mol. The summed E-state index contributed by atoms with van der Waals surface area (Å²) in [5.41, 5.74) is 0.457. The van der Waals surface area contributed by atoms with E-state index in [1.807, 2.05) is 6.92 Å². The van der Waals surface area contributed by atoms with Gasteiger partial charge in [-0.3, -0.25) is 10.4 Å². The van der Waals surface area contributed by atoms with E-state index in [9.17, 15) is 0 Å². The first kappa shape index (κ1) is 8.37. The molecular formula is C6H9ClN2. The Morgan fingerprint density at radius 3 is 2.78 bits per heavy atom. The second-order valence-electron chi connectivity index (χ2n) is 1.47. The first-order chi connectivity index (χ1) is 4.18. The van der Waals surface area contributed by atoms with E-state index in [2.05, 4.69) is 11.6 Å². The predicted molar refractivity (Wildman–Crippen MR) is 41.8 cm³/mol. The van der Waals surface area contributed by atoms with E-state index < -0.39 is 0 Å². The van der Waals surface area contributed by atoms with Crippen molar-refractivity contribution in [1.29, 1.82) is 5.41 Å². The molecule has 0 spiro atoms. The second-order valence-corrected chi connectivity index (χ2v) is 1.85. The van der Waals surface area contributed by atoms with Crippen LogP contribution in [0.4, 0.5) is 0 Å². The van der Waals surface area contributed by atoms with E-state index in [-0.39, 0.29) is 5.17 Å². The van der Waals surface area contributed by atoms with Crippen molar-refractivity contribution in [1.82, 2.24) is 0 Å². The zero-order valence-corrected chi connectivity index (χ0v) is 6.07. The van der Waals surface area contributed by atoms with Crippen molar-refractivity contribution in [3.8, 4) is 0 Å². The third-order valence-electron chi connectivity index (χ3n) is 0.712. The maximum atomic E-state index is 6.85. The number of hydrogen-bond donors (Lipinski definition) is 1. The first-order valence-electron chi connectivity index (χ1n) is 2.61. The van der Waals surface area contributed by atoms with Crippen molar-refractivity contribution in [2.75, 3.05) is 6.54 Å². The van der Waals surface area contributed by atoms with Crippen LogP contribution in [-0.2, 0) is 0 Å². The lowest BCUT2D eigenvalue weighted by atomic mass is 10.4. The minimum Gasteiger partial charge on any atom is -0.293 e. The Labute approximate surface area is 59.8 Å². The van der Waals surface area contributed by atoms with E-state index in [4.69, 9.17) is 17.0 Å². The molecule has 0 saturated heterocycles. The summed E-state index contributed by atoms with van der Waals surface area (Å²) in [4.78, 5) is 3.84. The Kier molecular flexibility index (Phi) is 3.97. The summed E-state index contributed by atoms with van der Waals surface area (Å²) in [5, 5.41) is 6.80. The van der Waals surface area contributed by atoms with Gasteiger partial charge in [0.15, 0.2) is 0 Å². The Hall–Kier alpha value is -0.630. The molecule has 0 aliphatic carbocycles.